The quantitative estimate of drug-likeness (QED) is 0.941. The Kier molecular flexibility index (Phi) is 3.76. The van der Waals surface area contributed by atoms with Gasteiger partial charge in [-0.1, -0.05) is 23.8 Å². The lowest BCUT2D eigenvalue weighted by molar-refractivity contribution is 0.359. The van der Waals surface area contributed by atoms with Crippen molar-refractivity contribution in [1.82, 2.24) is 0 Å². The molecule has 0 saturated heterocycles. The standard InChI is InChI=1S/C17H17NO3S/c1-12-2-5-15(6-3-12)21-11-16-9-14-8-13(10-18)4-7-17(14)22(16,19)20/h2-9H,10-11,18H2,1H3. The van der Waals surface area contributed by atoms with Gasteiger partial charge in [-0.15, -0.1) is 0 Å². The number of sulfone groups is 1. The predicted octanol–water partition coefficient (Wildman–Crippen LogP) is 2.66. The van der Waals surface area contributed by atoms with Crippen LogP contribution in [0.3, 0.4) is 0 Å². The first-order valence-electron chi connectivity index (χ1n) is 6.99. The number of fused-ring (bicyclic) bond motifs is 1. The van der Waals surface area contributed by atoms with Gasteiger partial charge in [0, 0.05) is 6.54 Å². The van der Waals surface area contributed by atoms with E-state index in [1.54, 1.807) is 18.2 Å². The Balaban J connectivity index is 1.84. The third-order valence-corrected chi connectivity index (χ3v) is 5.54. The van der Waals surface area contributed by atoms with Crippen molar-refractivity contribution in [2.75, 3.05) is 6.61 Å². The Labute approximate surface area is 130 Å². The molecule has 0 spiro atoms. The highest BCUT2D eigenvalue weighted by molar-refractivity contribution is 7.95. The second-order valence-corrected chi connectivity index (χ2v) is 7.26. The smallest absolute Gasteiger partial charge is 0.206 e. The number of nitrogens with two attached hydrogens (primary N) is 1. The van der Waals surface area contributed by atoms with Crippen LogP contribution in [0.15, 0.2) is 52.3 Å². The number of hydrogen-bond donors (Lipinski definition) is 1. The highest BCUT2D eigenvalue weighted by Crippen LogP contribution is 2.33. The lowest BCUT2D eigenvalue weighted by Crippen LogP contribution is -2.09. The molecule has 0 aromatic heterocycles. The molecule has 114 valence electrons. The molecule has 5 heteroatoms. The Morgan fingerprint density at radius 2 is 1.82 bits per heavy atom. The maximum absolute atomic E-state index is 12.5. The van der Waals surface area contributed by atoms with Crippen LogP contribution in [-0.4, -0.2) is 15.0 Å². The zero-order valence-electron chi connectivity index (χ0n) is 12.2. The average molecular weight is 315 g/mol. The SMILES string of the molecule is Cc1ccc(OCC2=Cc3cc(CN)ccc3S2(=O)=O)cc1. The van der Waals surface area contributed by atoms with Crippen LogP contribution in [0.2, 0.25) is 0 Å². The molecule has 1 aliphatic heterocycles. The fourth-order valence-electron chi connectivity index (χ4n) is 2.38. The van der Waals surface area contributed by atoms with E-state index in [1.807, 2.05) is 37.3 Å². The summed E-state index contributed by atoms with van der Waals surface area (Å²) in [6.07, 6.45) is 1.66. The van der Waals surface area contributed by atoms with Gasteiger partial charge >= 0.3 is 0 Å². The molecule has 4 nitrogen and oxygen atoms in total. The molecule has 0 radical (unpaired) electrons. The average Bonchev–Trinajstić information content (AvgIpc) is 2.77. The summed E-state index contributed by atoms with van der Waals surface area (Å²) in [6, 6.07) is 12.7. The molecule has 2 aromatic rings. The van der Waals surface area contributed by atoms with Crippen LogP contribution in [0.1, 0.15) is 16.7 Å². The normalized spacial score (nSPS) is 15.3. The third-order valence-electron chi connectivity index (χ3n) is 3.66. The number of benzene rings is 2. The van der Waals surface area contributed by atoms with E-state index in [0.29, 0.717) is 22.8 Å². The maximum Gasteiger partial charge on any atom is 0.206 e. The third kappa shape index (κ3) is 2.65. The molecule has 0 atom stereocenters. The van der Waals surface area contributed by atoms with Gasteiger partial charge in [-0.2, -0.15) is 0 Å². The van der Waals surface area contributed by atoms with Crippen molar-refractivity contribution in [2.24, 2.45) is 5.73 Å². The first kappa shape index (κ1) is 14.8. The summed E-state index contributed by atoms with van der Waals surface area (Å²) in [6.45, 7) is 2.40. The van der Waals surface area contributed by atoms with E-state index in [2.05, 4.69) is 0 Å². The number of rotatable bonds is 4. The van der Waals surface area contributed by atoms with Gasteiger partial charge in [-0.05, 0) is 48.4 Å². The minimum atomic E-state index is -3.45. The second kappa shape index (κ2) is 5.59. The summed E-state index contributed by atoms with van der Waals surface area (Å²) in [5.74, 6) is 0.653. The van der Waals surface area contributed by atoms with Gasteiger partial charge in [0.2, 0.25) is 9.84 Å². The van der Waals surface area contributed by atoms with Gasteiger partial charge in [0.05, 0.1) is 9.80 Å². The molecule has 0 aliphatic carbocycles. The summed E-state index contributed by atoms with van der Waals surface area (Å²) < 4.78 is 30.6. The maximum atomic E-state index is 12.5. The molecule has 1 aliphatic rings. The summed E-state index contributed by atoms with van der Waals surface area (Å²) in [5.41, 5.74) is 8.32. The number of aryl methyl sites for hydroxylation is 1. The highest BCUT2D eigenvalue weighted by atomic mass is 32.2. The number of hydrogen-bond acceptors (Lipinski definition) is 4. The van der Waals surface area contributed by atoms with Crippen LogP contribution < -0.4 is 10.5 Å². The predicted molar refractivity (Wildman–Crippen MR) is 86.2 cm³/mol. The minimum absolute atomic E-state index is 0.0258. The van der Waals surface area contributed by atoms with Crippen molar-refractivity contribution in [2.45, 2.75) is 18.4 Å². The summed E-state index contributed by atoms with van der Waals surface area (Å²) in [7, 11) is -3.45. The van der Waals surface area contributed by atoms with Crippen LogP contribution in [0.4, 0.5) is 0 Å². The zero-order valence-corrected chi connectivity index (χ0v) is 13.1. The van der Waals surface area contributed by atoms with Crippen molar-refractivity contribution >= 4 is 15.9 Å². The first-order chi connectivity index (χ1) is 10.5. The second-order valence-electron chi connectivity index (χ2n) is 5.29. The summed E-state index contributed by atoms with van der Waals surface area (Å²) in [5, 5.41) is 0. The van der Waals surface area contributed by atoms with Crippen LogP contribution in [0.25, 0.3) is 6.08 Å². The van der Waals surface area contributed by atoms with Crippen molar-refractivity contribution in [1.29, 1.82) is 0 Å². The van der Waals surface area contributed by atoms with Crippen LogP contribution in [-0.2, 0) is 16.4 Å². The van der Waals surface area contributed by atoms with Crippen molar-refractivity contribution in [3.8, 4) is 5.75 Å². The fraction of sp³-hybridized carbons (Fsp3) is 0.176. The summed E-state index contributed by atoms with van der Waals surface area (Å²) in [4.78, 5) is 0.601. The molecule has 0 unspecified atom stereocenters. The van der Waals surface area contributed by atoms with Gasteiger partial charge in [-0.25, -0.2) is 8.42 Å². The highest BCUT2D eigenvalue weighted by Gasteiger charge is 2.29. The largest absolute Gasteiger partial charge is 0.488 e. The lowest BCUT2D eigenvalue weighted by Gasteiger charge is -2.07. The Morgan fingerprint density at radius 1 is 1.09 bits per heavy atom. The molecule has 1 heterocycles. The molecule has 3 rings (SSSR count). The monoisotopic (exact) mass is 315 g/mol. The molecular formula is C17H17NO3S. The van der Waals surface area contributed by atoms with Gasteiger partial charge in [0.15, 0.2) is 0 Å². The summed E-state index contributed by atoms with van der Waals surface area (Å²) >= 11 is 0. The first-order valence-corrected chi connectivity index (χ1v) is 8.47. The van der Waals surface area contributed by atoms with Gasteiger partial charge in [0.25, 0.3) is 0 Å². The molecule has 2 N–H and O–H groups in total. The molecule has 0 bridgehead atoms. The molecular weight excluding hydrogens is 298 g/mol. The van der Waals surface area contributed by atoms with Crippen LogP contribution in [0.5, 0.6) is 5.75 Å². The van der Waals surface area contributed by atoms with Gasteiger partial charge in [0.1, 0.15) is 12.4 Å². The lowest BCUT2D eigenvalue weighted by atomic mass is 10.1. The zero-order chi connectivity index (χ0) is 15.7. The molecule has 0 fully saturated rings. The number of ether oxygens (including phenoxy) is 1. The Bertz CT molecular complexity index is 837. The van der Waals surface area contributed by atoms with Crippen molar-refractivity contribution in [3.63, 3.8) is 0 Å². The van der Waals surface area contributed by atoms with Crippen molar-refractivity contribution in [3.05, 3.63) is 64.1 Å². The van der Waals surface area contributed by atoms with Crippen LogP contribution >= 0.6 is 0 Å². The van der Waals surface area contributed by atoms with E-state index >= 15 is 0 Å². The Morgan fingerprint density at radius 3 is 2.50 bits per heavy atom. The fourth-order valence-corrected chi connectivity index (χ4v) is 3.84. The van der Waals surface area contributed by atoms with Gasteiger partial charge < -0.3 is 10.5 Å². The van der Waals surface area contributed by atoms with Gasteiger partial charge in [-0.3, -0.25) is 0 Å². The Hall–Kier alpha value is -2.11. The van der Waals surface area contributed by atoms with E-state index in [-0.39, 0.29) is 11.5 Å². The molecule has 0 amide bonds. The molecule has 22 heavy (non-hydrogen) atoms. The van der Waals surface area contributed by atoms with Crippen molar-refractivity contribution < 1.29 is 13.2 Å². The molecule has 2 aromatic carbocycles. The van der Waals surface area contributed by atoms with E-state index in [1.165, 1.54) is 0 Å². The minimum Gasteiger partial charge on any atom is -0.488 e. The van der Waals surface area contributed by atoms with E-state index in [9.17, 15) is 8.42 Å². The van der Waals surface area contributed by atoms with E-state index in [0.717, 1.165) is 11.1 Å². The van der Waals surface area contributed by atoms with Crippen LogP contribution in [0, 0.1) is 6.92 Å². The molecule has 0 saturated carbocycles. The van der Waals surface area contributed by atoms with E-state index in [4.69, 9.17) is 10.5 Å². The van der Waals surface area contributed by atoms with E-state index < -0.39 is 9.84 Å². The topological polar surface area (TPSA) is 69.4 Å².